The topological polar surface area (TPSA) is 23.6 Å². The molecule has 2 aromatic rings. The van der Waals surface area contributed by atoms with E-state index < -0.39 is 0 Å². The number of hydrogen-bond donors (Lipinski definition) is 0. The van der Waals surface area contributed by atoms with Crippen LogP contribution in [0.4, 0.5) is 0 Å². The molecule has 1 aliphatic heterocycles. The SMILES string of the molecule is CC.Cc1ccc(-c2cccc(C(=O)N3CCC(N(C)C)CC3)c2)cc1. The summed E-state index contributed by atoms with van der Waals surface area (Å²) in [5, 5.41) is 0. The summed E-state index contributed by atoms with van der Waals surface area (Å²) in [4.78, 5) is 17.1. The molecule has 26 heavy (non-hydrogen) atoms. The minimum Gasteiger partial charge on any atom is -0.339 e. The van der Waals surface area contributed by atoms with Gasteiger partial charge in [-0.25, -0.2) is 0 Å². The van der Waals surface area contributed by atoms with E-state index >= 15 is 0 Å². The summed E-state index contributed by atoms with van der Waals surface area (Å²) in [6, 6.07) is 17.0. The Morgan fingerprint density at radius 2 is 1.58 bits per heavy atom. The fourth-order valence-corrected chi connectivity index (χ4v) is 3.35. The molecule has 1 aliphatic rings. The number of carbonyl (C=O) groups is 1. The summed E-state index contributed by atoms with van der Waals surface area (Å²) in [6.45, 7) is 7.77. The molecule has 3 heteroatoms. The molecule has 3 nitrogen and oxygen atoms in total. The van der Waals surface area contributed by atoms with Crippen molar-refractivity contribution >= 4 is 5.91 Å². The molecule has 1 saturated heterocycles. The highest BCUT2D eigenvalue weighted by Gasteiger charge is 2.24. The van der Waals surface area contributed by atoms with Gasteiger partial charge in [-0.05, 0) is 57.1 Å². The van der Waals surface area contributed by atoms with Crippen molar-refractivity contribution in [1.29, 1.82) is 0 Å². The third-order valence-corrected chi connectivity index (χ3v) is 4.98. The molecule has 2 aromatic carbocycles. The molecule has 1 amide bonds. The number of likely N-dealkylation sites (tertiary alicyclic amines) is 1. The number of hydrogen-bond acceptors (Lipinski definition) is 2. The van der Waals surface area contributed by atoms with Crippen molar-refractivity contribution in [2.45, 2.75) is 39.7 Å². The number of nitrogens with zero attached hydrogens (tertiary/aromatic N) is 2. The first-order chi connectivity index (χ1) is 12.5. The summed E-state index contributed by atoms with van der Waals surface area (Å²) >= 11 is 0. The Morgan fingerprint density at radius 1 is 0.962 bits per heavy atom. The molecular formula is C23H32N2O. The summed E-state index contributed by atoms with van der Waals surface area (Å²) < 4.78 is 0. The molecule has 0 unspecified atom stereocenters. The van der Waals surface area contributed by atoms with Crippen LogP contribution < -0.4 is 0 Å². The largest absolute Gasteiger partial charge is 0.339 e. The van der Waals surface area contributed by atoms with Gasteiger partial charge in [0.15, 0.2) is 0 Å². The van der Waals surface area contributed by atoms with Gasteiger partial charge in [-0.1, -0.05) is 55.8 Å². The Kier molecular flexibility index (Phi) is 7.40. The van der Waals surface area contributed by atoms with E-state index in [1.54, 1.807) is 0 Å². The standard InChI is InChI=1S/C21H26N2O.C2H6/c1-16-7-9-17(10-8-16)18-5-4-6-19(15-18)21(24)23-13-11-20(12-14-23)22(2)3;1-2/h4-10,15,20H,11-14H2,1-3H3;1-2H3. The second-order valence-corrected chi connectivity index (χ2v) is 6.93. The molecule has 0 spiro atoms. The predicted molar refractivity (Wildman–Crippen MR) is 111 cm³/mol. The lowest BCUT2D eigenvalue weighted by Crippen LogP contribution is -2.44. The zero-order chi connectivity index (χ0) is 19.1. The first kappa shape index (κ1) is 20.2. The van der Waals surface area contributed by atoms with Gasteiger partial charge in [0.05, 0.1) is 0 Å². The van der Waals surface area contributed by atoms with E-state index in [4.69, 9.17) is 0 Å². The molecule has 140 valence electrons. The zero-order valence-electron chi connectivity index (χ0n) is 16.8. The number of benzene rings is 2. The maximum Gasteiger partial charge on any atom is 0.253 e. The van der Waals surface area contributed by atoms with Crippen LogP contribution in [0, 0.1) is 6.92 Å². The highest BCUT2D eigenvalue weighted by atomic mass is 16.2. The van der Waals surface area contributed by atoms with E-state index in [1.807, 2.05) is 36.9 Å². The third-order valence-electron chi connectivity index (χ3n) is 4.98. The van der Waals surface area contributed by atoms with Gasteiger partial charge < -0.3 is 9.80 Å². The van der Waals surface area contributed by atoms with E-state index in [0.717, 1.165) is 42.6 Å². The van der Waals surface area contributed by atoms with Crippen LogP contribution >= 0.6 is 0 Å². The van der Waals surface area contributed by atoms with Gasteiger partial charge in [-0.3, -0.25) is 4.79 Å². The normalized spacial score (nSPS) is 14.8. The van der Waals surface area contributed by atoms with Crippen molar-refractivity contribution in [1.82, 2.24) is 9.80 Å². The van der Waals surface area contributed by atoms with Gasteiger partial charge in [-0.15, -0.1) is 0 Å². The molecule has 0 radical (unpaired) electrons. The number of aryl methyl sites for hydroxylation is 1. The number of rotatable bonds is 3. The van der Waals surface area contributed by atoms with Crippen molar-refractivity contribution in [3.63, 3.8) is 0 Å². The molecule has 1 heterocycles. The number of carbonyl (C=O) groups excluding carboxylic acids is 1. The van der Waals surface area contributed by atoms with Crippen LogP contribution in [0.1, 0.15) is 42.6 Å². The van der Waals surface area contributed by atoms with Crippen molar-refractivity contribution in [3.8, 4) is 11.1 Å². The average molecular weight is 353 g/mol. The fourth-order valence-electron chi connectivity index (χ4n) is 3.35. The van der Waals surface area contributed by atoms with Gasteiger partial charge in [0.1, 0.15) is 0 Å². The van der Waals surface area contributed by atoms with E-state index in [0.29, 0.717) is 6.04 Å². The van der Waals surface area contributed by atoms with E-state index in [-0.39, 0.29) is 5.91 Å². The molecule has 0 saturated carbocycles. The zero-order valence-corrected chi connectivity index (χ0v) is 16.8. The minimum absolute atomic E-state index is 0.154. The summed E-state index contributed by atoms with van der Waals surface area (Å²) in [6.07, 6.45) is 2.10. The number of amides is 1. The minimum atomic E-state index is 0.154. The van der Waals surface area contributed by atoms with Crippen LogP contribution in [0.25, 0.3) is 11.1 Å². The van der Waals surface area contributed by atoms with Crippen molar-refractivity contribution in [2.75, 3.05) is 27.2 Å². The predicted octanol–water partition coefficient (Wildman–Crippen LogP) is 4.85. The summed E-state index contributed by atoms with van der Waals surface area (Å²) in [7, 11) is 4.24. The Morgan fingerprint density at radius 3 is 2.15 bits per heavy atom. The van der Waals surface area contributed by atoms with Crippen molar-refractivity contribution < 1.29 is 4.79 Å². The van der Waals surface area contributed by atoms with Gasteiger partial charge in [0.2, 0.25) is 0 Å². The lowest BCUT2D eigenvalue weighted by atomic mass is 10.00. The van der Waals surface area contributed by atoms with Crippen LogP contribution in [-0.2, 0) is 0 Å². The average Bonchev–Trinajstić information content (AvgIpc) is 2.69. The van der Waals surface area contributed by atoms with E-state index in [9.17, 15) is 4.79 Å². The van der Waals surface area contributed by atoms with Crippen LogP contribution in [0.15, 0.2) is 48.5 Å². The maximum atomic E-state index is 12.8. The molecule has 0 aromatic heterocycles. The maximum absolute atomic E-state index is 12.8. The van der Waals surface area contributed by atoms with E-state index in [1.165, 1.54) is 5.56 Å². The highest BCUT2D eigenvalue weighted by Crippen LogP contribution is 2.23. The van der Waals surface area contributed by atoms with E-state index in [2.05, 4.69) is 56.3 Å². The van der Waals surface area contributed by atoms with Gasteiger partial charge >= 0.3 is 0 Å². The summed E-state index contributed by atoms with van der Waals surface area (Å²) in [5.41, 5.74) is 4.29. The second-order valence-electron chi connectivity index (χ2n) is 6.93. The summed E-state index contributed by atoms with van der Waals surface area (Å²) in [5.74, 6) is 0.154. The van der Waals surface area contributed by atoms with Crippen LogP contribution in [-0.4, -0.2) is 48.9 Å². The van der Waals surface area contributed by atoms with Gasteiger partial charge in [0.25, 0.3) is 5.91 Å². The Labute approximate surface area is 158 Å². The lowest BCUT2D eigenvalue weighted by Gasteiger charge is -2.35. The van der Waals surface area contributed by atoms with Crippen LogP contribution in [0.5, 0.6) is 0 Å². The third kappa shape index (κ3) is 4.95. The molecule has 0 aliphatic carbocycles. The lowest BCUT2D eigenvalue weighted by molar-refractivity contribution is 0.0663. The van der Waals surface area contributed by atoms with Crippen molar-refractivity contribution in [3.05, 3.63) is 59.7 Å². The fraction of sp³-hybridized carbons (Fsp3) is 0.435. The van der Waals surface area contributed by atoms with Crippen molar-refractivity contribution in [2.24, 2.45) is 0 Å². The molecule has 0 N–H and O–H groups in total. The first-order valence-corrected chi connectivity index (χ1v) is 9.67. The molecule has 0 bridgehead atoms. The second kappa shape index (κ2) is 9.54. The Hall–Kier alpha value is -2.13. The van der Waals surface area contributed by atoms with Gasteiger partial charge in [-0.2, -0.15) is 0 Å². The molecule has 3 rings (SSSR count). The highest BCUT2D eigenvalue weighted by molar-refractivity contribution is 5.95. The molecule has 1 fully saturated rings. The Bertz CT molecular complexity index is 698. The smallest absolute Gasteiger partial charge is 0.253 e. The monoisotopic (exact) mass is 352 g/mol. The quantitative estimate of drug-likeness (QED) is 0.788. The van der Waals surface area contributed by atoms with Crippen LogP contribution in [0.3, 0.4) is 0 Å². The van der Waals surface area contributed by atoms with Gasteiger partial charge in [0, 0.05) is 24.7 Å². The van der Waals surface area contributed by atoms with Crippen LogP contribution in [0.2, 0.25) is 0 Å². The Balaban J connectivity index is 0.00000117. The number of piperidine rings is 1. The molecule has 0 atom stereocenters. The molecular weight excluding hydrogens is 320 g/mol. The first-order valence-electron chi connectivity index (χ1n) is 9.67.